The Labute approximate surface area is 292 Å². The molecule has 4 N–H and O–H groups in total. The number of methoxy groups -OCH3 is 1. The number of nitrogens with one attached hydrogen (secondary N) is 3. The molecular formula is C35H42N6O6S2. The molecule has 260 valence electrons. The number of anilines is 1. The summed E-state index contributed by atoms with van der Waals surface area (Å²) in [4.78, 5) is 21.2. The van der Waals surface area contributed by atoms with E-state index in [4.69, 9.17) is 18.8 Å². The van der Waals surface area contributed by atoms with Gasteiger partial charge >= 0.3 is 6.03 Å². The van der Waals surface area contributed by atoms with Crippen LogP contribution < -0.4 is 24.8 Å². The number of hydrogen-bond acceptors (Lipinski definition) is 8. The van der Waals surface area contributed by atoms with E-state index < -0.39 is 17.3 Å². The van der Waals surface area contributed by atoms with Gasteiger partial charge in [-0.05, 0) is 47.2 Å². The van der Waals surface area contributed by atoms with Gasteiger partial charge in [-0.3, -0.25) is 13.9 Å². The van der Waals surface area contributed by atoms with Gasteiger partial charge in [0, 0.05) is 44.4 Å². The van der Waals surface area contributed by atoms with Crippen LogP contribution in [0, 0.1) is 0 Å². The molecule has 0 bridgehead atoms. The van der Waals surface area contributed by atoms with Crippen molar-refractivity contribution in [3.05, 3.63) is 83.2 Å². The number of fused-ring (bicyclic) bond motifs is 3. The van der Waals surface area contributed by atoms with E-state index in [1.165, 1.54) is 0 Å². The van der Waals surface area contributed by atoms with E-state index in [9.17, 15) is 9.00 Å². The predicted molar refractivity (Wildman–Crippen MR) is 193 cm³/mol. The van der Waals surface area contributed by atoms with E-state index in [0.717, 1.165) is 70.4 Å². The van der Waals surface area contributed by atoms with Crippen molar-refractivity contribution in [1.82, 2.24) is 24.3 Å². The summed E-state index contributed by atoms with van der Waals surface area (Å²) in [6.07, 6.45) is 2.39. The van der Waals surface area contributed by atoms with Crippen LogP contribution in [0.2, 0.25) is 0 Å². The Bertz CT molecular complexity index is 1960. The van der Waals surface area contributed by atoms with Gasteiger partial charge in [-0.25, -0.2) is 18.7 Å². The number of carbonyl (C=O) groups excluding carboxylic acids is 1. The van der Waals surface area contributed by atoms with E-state index in [-0.39, 0.29) is 18.5 Å². The second-order valence-electron chi connectivity index (χ2n) is 12.9. The molecule has 6 rings (SSSR count). The quantitative estimate of drug-likeness (QED) is 0.115. The van der Waals surface area contributed by atoms with Crippen LogP contribution >= 0.6 is 11.3 Å². The van der Waals surface area contributed by atoms with Gasteiger partial charge in [0.1, 0.15) is 17.2 Å². The molecule has 0 spiro atoms. The summed E-state index contributed by atoms with van der Waals surface area (Å²) >= 11 is -0.495. The fourth-order valence-corrected chi connectivity index (χ4v) is 7.18. The highest BCUT2D eigenvalue weighted by atomic mass is 32.2. The van der Waals surface area contributed by atoms with Crippen molar-refractivity contribution in [1.29, 1.82) is 0 Å². The number of urea groups is 1. The summed E-state index contributed by atoms with van der Waals surface area (Å²) in [7, 11) is 1.54. The Hall–Kier alpha value is -4.05. The lowest BCUT2D eigenvalue weighted by Gasteiger charge is -2.26. The van der Waals surface area contributed by atoms with Crippen molar-refractivity contribution in [2.75, 3.05) is 45.3 Å². The van der Waals surface area contributed by atoms with Crippen molar-refractivity contribution in [2.45, 2.75) is 45.7 Å². The first-order chi connectivity index (χ1) is 23.6. The Kier molecular flexibility index (Phi) is 10.8. The lowest BCUT2D eigenvalue weighted by atomic mass is 9.85. The van der Waals surface area contributed by atoms with Crippen molar-refractivity contribution >= 4 is 49.5 Å². The monoisotopic (exact) mass is 706 g/mol. The molecule has 3 heterocycles. The minimum Gasteiger partial charge on any atom is -0.494 e. The van der Waals surface area contributed by atoms with Crippen LogP contribution in [0.1, 0.15) is 43.2 Å². The van der Waals surface area contributed by atoms with E-state index in [0.29, 0.717) is 29.4 Å². The average molecular weight is 707 g/mol. The SMILES string of the molecule is COc1c(CCNS(=O)O)cc(C(C)(C)C)cc1NC(=O)NCc1ccccc1Oc1ccc2c(c1)sc1ncc(CN3CCOCC3)n12. The number of thiazole rings is 1. The molecule has 0 saturated carbocycles. The summed E-state index contributed by atoms with van der Waals surface area (Å²) in [5, 5.41) is 5.90. The first-order valence-electron chi connectivity index (χ1n) is 16.1. The second-order valence-corrected chi connectivity index (χ2v) is 14.7. The second kappa shape index (κ2) is 15.2. The first-order valence-corrected chi connectivity index (χ1v) is 18.1. The van der Waals surface area contributed by atoms with Gasteiger partial charge in [-0.15, -0.1) is 0 Å². The molecule has 5 aromatic rings. The highest BCUT2D eigenvalue weighted by molar-refractivity contribution is 7.77. The van der Waals surface area contributed by atoms with Crippen LogP contribution in [0.15, 0.2) is 60.8 Å². The molecule has 0 radical (unpaired) electrons. The fraction of sp³-hybridized carbons (Fsp3) is 0.371. The number of nitrogens with zero attached hydrogens (tertiary/aromatic N) is 3. The number of carbonyl (C=O) groups is 1. The number of rotatable bonds is 12. The molecule has 14 heteroatoms. The van der Waals surface area contributed by atoms with Crippen LogP contribution in [0.4, 0.5) is 10.5 Å². The topological polar surface area (TPSA) is 139 Å². The third-order valence-corrected chi connectivity index (χ3v) is 9.88. The Morgan fingerprint density at radius 3 is 2.65 bits per heavy atom. The molecule has 1 fully saturated rings. The van der Waals surface area contributed by atoms with E-state index in [2.05, 4.69) is 56.5 Å². The van der Waals surface area contributed by atoms with Crippen molar-refractivity contribution < 1.29 is 27.8 Å². The molecule has 1 aliphatic heterocycles. The number of aromatic nitrogens is 2. The highest BCUT2D eigenvalue weighted by Crippen LogP contribution is 2.36. The van der Waals surface area contributed by atoms with Crippen LogP contribution in [-0.2, 0) is 40.9 Å². The summed E-state index contributed by atoms with van der Waals surface area (Å²) in [6, 6.07) is 17.2. The van der Waals surface area contributed by atoms with Gasteiger partial charge in [-0.1, -0.05) is 56.4 Å². The molecule has 12 nitrogen and oxygen atoms in total. The molecular weight excluding hydrogens is 665 g/mol. The summed E-state index contributed by atoms with van der Waals surface area (Å²) < 4.78 is 43.6. The number of imidazole rings is 1. The summed E-state index contributed by atoms with van der Waals surface area (Å²) in [5.74, 6) is 1.83. The number of hydrogen-bond donors (Lipinski definition) is 4. The average Bonchev–Trinajstić information content (AvgIpc) is 3.63. The van der Waals surface area contributed by atoms with Gasteiger partial charge in [0.2, 0.25) is 11.3 Å². The predicted octanol–water partition coefficient (Wildman–Crippen LogP) is 6.07. The standard InChI is InChI=1S/C35H42N6O6S2/c1-35(2,3)25-17-23(11-12-38-49(43)44)32(45-4)28(18-25)39-33(42)36-20-24-7-5-6-8-30(24)47-27-9-10-29-31(19-27)48-34-37-21-26(41(29)34)22-40-13-15-46-16-14-40/h5-10,17-19,21,38H,11-16,20,22H2,1-4H3,(H,43,44)(H2,36,39,42). The van der Waals surface area contributed by atoms with Crippen LogP contribution in [0.25, 0.3) is 15.2 Å². The zero-order valence-electron chi connectivity index (χ0n) is 28.1. The lowest BCUT2D eigenvalue weighted by Crippen LogP contribution is -2.35. The molecule has 2 aromatic heterocycles. The van der Waals surface area contributed by atoms with Crippen LogP contribution in [-0.4, -0.2) is 69.0 Å². The maximum absolute atomic E-state index is 13.2. The molecule has 0 aliphatic carbocycles. The molecule has 1 aliphatic rings. The number of para-hydroxylation sites is 1. The van der Waals surface area contributed by atoms with Crippen LogP contribution in [0.5, 0.6) is 17.2 Å². The van der Waals surface area contributed by atoms with Crippen molar-refractivity contribution in [2.24, 2.45) is 0 Å². The van der Waals surface area contributed by atoms with Crippen molar-refractivity contribution in [3.63, 3.8) is 0 Å². The highest BCUT2D eigenvalue weighted by Gasteiger charge is 2.21. The largest absolute Gasteiger partial charge is 0.494 e. The molecule has 3 aromatic carbocycles. The zero-order chi connectivity index (χ0) is 34.5. The third-order valence-electron chi connectivity index (χ3n) is 8.41. The van der Waals surface area contributed by atoms with Gasteiger partial charge < -0.3 is 24.8 Å². The maximum Gasteiger partial charge on any atom is 0.319 e. The third kappa shape index (κ3) is 8.40. The van der Waals surface area contributed by atoms with Crippen molar-refractivity contribution in [3.8, 4) is 17.2 Å². The minimum absolute atomic E-state index is 0.209. The number of ether oxygens (including phenoxy) is 3. The fourth-order valence-electron chi connectivity index (χ4n) is 5.85. The molecule has 1 unspecified atom stereocenters. The van der Waals surface area contributed by atoms with Gasteiger partial charge in [0.15, 0.2) is 4.96 Å². The molecule has 49 heavy (non-hydrogen) atoms. The van der Waals surface area contributed by atoms with E-state index in [1.807, 2.05) is 54.7 Å². The van der Waals surface area contributed by atoms with Gasteiger partial charge in [0.25, 0.3) is 0 Å². The number of amides is 2. The van der Waals surface area contributed by atoms with E-state index >= 15 is 0 Å². The van der Waals surface area contributed by atoms with E-state index in [1.54, 1.807) is 18.4 Å². The Morgan fingerprint density at radius 1 is 1.10 bits per heavy atom. The Morgan fingerprint density at radius 2 is 1.90 bits per heavy atom. The summed E-state index contributed by atoms with van der Waals surface area (Å²) in [6.45, 7) is 10.9. The molecule has 1 saturated heterocycles. The smallest absolute Gasteiger partial charge is 0.319 e. The number of morpholine rings is 1. The van der Waals surface area contributed by atoms with Crippen LogP contribution in [0.3, 0.4) is 0 Å². The minimum atomic E-state index is -2.12. The first kappa shape index (κ1) is 34.8. The van der Waals surface area contributed by atoms with Gasteiger partial charge in [0.05, 0.1) is 48.1 Å². The molecule has 2 amide bonds. The van der Waals surface area contributed by atoms with Gasteiger partial charge in [-0.2, -0.15) is 0 Å². The Balaban J connectivity index is 1.15. The zero-order valence-corrected chi connectivity index (χ0v) is 29.7. The molecule has 1 atom stereocenters. The maximum atomic E-state index is 13.2. The number of benzene rings is 3. The lowest BCUT2D eigenvalue weighted by molar-refractivity contribution is 0.0336. The summed E-state index contributed by atoms with van der Waals surface area (Å²) in [5.41, 5.74) is 5.17. The normalized spacial score (nSPS) is 14.6.